The molecule has 0 spiro atoms. The van der Waals surface area contributed by atoms with Crippen LogP contribution < -0.4 is 5.32 Å². The molecule has 0 aliphatic rings. The third kappa shape index (κ3) is 4.65. The standard InChI is InChI=1S/C17H20N4O5/c1-4-25-16(23)14-15(17(24)26-5-2)21(20-19-14)10-13(22)18-12-8-6-7-11(3)9-12/h6-9H,4-5,10H2,1-3H3,(H,18,22). The van der Waals surface area contributed by atoms with E-state index < -0.39 is 17.8 Å². The third-order valence-electron chi connectivity index (χ3n) is 3.27. The Morgan fingerprint density at radius 3 is 2.46 bits per heavy atom. The number of hydrogen-bond donors (Lipinski definition) is 1. The summed E-state index contributed by atoms with van der Waals surface area (Å²) < 4.78 is 10.8. The number of nitrogens with one attached hydrogen (secondary N) is 1. The topological polar surface area (TPSA) is 112 Å². The Hall–Kier alpha value is -3.23. The molecule has 0 aliphatic carbocycles. The molecule has 1 amide bonds. The Kier molecular flexibility index (Phi) is 6.42. The highest BCUT2D eigenvalue weighted by Gasteiger charge is 2.28. The van der Waals surface area contributed by atoms with Crippen LogP contribution in [0.2, 0.25) is 0 Å². The molecular formula is C17H20N4O5. The number of ether oxygens (including phenoxy) is 2. The molecule has 9 heteroatoms. The minimum Gasteiger partial charge on any atom is -0.461 e. The zero-order valence-corrected chi connectivity index (χ0v) is 14.8. The van der Waals surface area contributed by atoms with E-state index in [1.54, 1.807) is 26.0 Å². The van der Waals surface area contributed by atoms with Crippen molar-refractivity contribution < 1.29 is 23.9 Å². The highest BCUT2D eigenvalue weighted by atomic mass is 16.5. The molecule has 1 N–H and O–H groups in total. The van der Waals surface area contributed by atoms with Crippen molar-refractivity contribution >= 4 is 23.5 Å². The summed E-state index contributed by atoms with van der Waals surface area (Å²) >= 11 is 0. The second-order valence-electron chi connectivity index (χ2n) is 5.30. The fraction of sp³-hybridized carbons (Fsp3) is 0.353. The van der Waals surface area contributed by atoms with E-state index >= 15 is 0 Å². The summed E-state index contributed by atoms with van der Waals surface area (Å²) in [5, 5.41) is 10.1. The highest BCUT2D eigenvalue weighted by Crippen LogP contribution is 2.12. The van der Waals surface area contributed by atoms with E-state index in [2.05, 4.69) is 15.6 Å². The molecular weight excluding hydrogens is 340 g/mol. The fourth-order valence-electron chi connectivity index (χ4n) is 2.22. The molecule has 0 radical (unpaired) electrons. The van der Waals surface area contributed by atoms with Crippen LogP contribution in [0.3, 0.4) is 0 Å². The number of carbonyl (C=O) groups is 3. The molecule has 0 saturated carbocycles. The number of amides is 1. The van der Waals surface area contributed by atoms with Crippen molar-refractivity contribution in [2.24, 2.45) is 0 Å². The lowest BCUT2D eigenvalue weighted by atomic mass is 10.2. The van der Waals surface area contributed by atoms with Gasteiger partial charge in [-0.05, 0) is 38.5 Å². The number of anilines is 1. The predicted octanol–water partition coefficient (Wildman–Crippen LogP) is 1.58. The van der Waals surface area contributed by atoms with E-state index in [1.165, 1.54) is 0 Å². The van der Waals surface area contributed by atoms with Crippen LogP contribution in [-0.4, -0.2) is 46.1 Å². The van der Waals surface area contributed by atoms with Gasteiger partial charge in [-0.3, -0.25) is 4.79 Å². The molecule has 2 rings (SSSR count). The smallest absolute Gasteiger partial charge is 0.361 e. The van der Waals surface area contributed by atoms with Gasteiger partial charge in [0, 0.05) is 5.69 Å². The molecule has 1 heterocycles. The van der Waals surface area contributed by atoms with Crippen molar-refractivity contribution in [1.82, 2.24) is 15.0 Å². The van der Waals surface area contributed by atoms with Crippen molar-refractivity contribution in [2.75, 3.05) is 18.5 Å². The van der Waals surface area contributed by atoms with Crippen LogP contribution in [0.25, 0.3) is 0 Å². The zero-order valence-electron chi connectivity index (χ0n) is 14.8. The number of hydrogen-bond acceptors (Lipinski definition) is 7. The molecule has 0 bridgehead atoms. The maximum atomic E-state index is 12.3. The van der Waals surface area contributed by atoms with Crippen molar-refractivity contribution in [2.45, 2.75) is 27.3 Å². The van der Waals surface area contributed by atoms with E-state index in [1.807, 2.05) is 19.1 Å². The van der Waals surface area contributed by atoms with Crippen molar-refractivity contribution in [1.29, 1.82) is 0 Å². The van der Waals surface area contributed by atoms with Gasteiger partial charge in [0.2, 0.25) is 11.6 Å². The molecule has 1 aromatic carbocycles. The van der Waals surface area contributed by atoms with Gasteiger partial charge >= 0.3 is 11.9 Å². The molecule has 138 valence electrons. The third-order valence-corrected chi connectivity index (χ3v) is 3.27. The van der Waals surface area contributed by atoms with Crippen LogP contribution in [0, 0.1) is 6.92 Å². The number of rotatable bonds is 7. The maximum absolute atomic E-state index is 12.3. The average Bonchev–Trinajstić information content (AvgIpc) is 2.98. The lowest BCUT2D eigenvalue weighted by molar-refractivity contribution is -0.116. The van der Waals surface area contributed by atoms with E-state index in [0.717, 1.165) is 10.2 Å². The average molecular weight is 360 g/mol. The number of benzene rings is 1. The summed E-state index contributed by atoms with van der Waals surface area (Å²) in [6.45, 7) is 5.05. The minimum absolute atomic E-state index is 0.0990. The molecule has 0 atom stereocenters. The van der Waals surface area contributed by atoms with E-state index in [0.29, 0.717) is 5.69 Å². The minimum atomic E-state index is -0.805. The second kappa shape index (κ2) is 8.75. The number of aryl methyl sites for hydroxylation is 1. The molecule has 26 heavy (non-hydrogen) atoms. The van der Waals surface area contributed by atoms with Crippen LogP contribution in [0.4, 0.5) is 5.69 Å². The molecule has 0 unspecified atom stereocenters. The maximum Gasteiger partial charge on any atom is 0.361 e. The van der Waals surface area contributed by atoms with Gasteiger partial charge in [0.05, 0.1) is 13.2 Å². The van der Waals surface area contributed by atoms with Crippen molar-refractivity contribution in [3.05, 3.63) is 41.2 Å². The van der Waals surface area contributed by atoms with Crippen LogP contribution in [0.15, 0.2) is 24.3 Å². The van der Waals surface area contributed by atoms with Crippen molar-refractivity contribution in [3.63, 3.8) is 0 Å². The van der Waals surface area contributed by atoms with Gasteiger partial charge in [-0.15, -0.1) is 5.10 Å². The summed E-state index contributed by atoms with van der Waals surface area (Å²) in [4.78, 5) is 36.4. The SMILES string of the molecule is CCOC(=O)c1nnn(CC(=O)Nc2cccc(C)c2)c1C(=O)OCC. The normalized spacial score (nSPS) is 10.3. The summed E-state index contributed by atoms with van der Waals surface area (Å²) in [5.41, 5.74) is 1.09. The lowest BCUT2D eigenvalue weighted by Crippen LogP contribution is -2.24. The first-order valence-electron chi connectivity index (χ1n) is 8.10. The molecule has 9 nitrogen and oxygen atoms in total. The Labute approximate surface area is 150 Å². The van der Waals surface area contributed by atoms with Gasteiger partial charge in [0.15, 0.2) is 5.69 Å². The highest BCUT2D eigenvalue weighted by molar-refractivity contribution is 6.01. The number of aromatic nitrogens is 3. The molecule has 1 aromatic heterocycles. The Bertz CT molecular complexity index is 815. The van der Waals surface area contributed by atoms with E-state index in [9.17, 15) is 14.4 Å². The lowest BCUT2D eigenvalue weighted by Gasteiger charge is -2.08. The molecule has 0 aliphatic heterocycles. The van der Waals surface area contributed by atoms with Crippen LogP contribution in [0.1, 0.15) is 40.4 Å². The van der Waals surface area contributed by atoms with Gasteiger partial charge in [-0.25, -0.2) is 14.3 Å². The number of carbonyl (C=O) groups excluding carboxylic acids is 3. The van der Waals surface area contributed by atoms with Gasteiger partial charge in [0.25, 0.3) is 0 Å². The fourth-order valence-corrected chi connectivity index (χ4v) is 2.22. The van der Waals surface area contributed by atoms with Gasteiger partial charge < -0.3 is 14.8 Å². The Balaban J connectivity index is 2.23. The zero-order chi connectivity index (χ0) is 19.1. The first-order valence-corrected chi connectivity index (χ1v) is 8.10. The van der Waals surface area contributed by atoms with E-state index in [-0.39, 0.29) is 31.1 Å². The van der Waals surface area contributed by atoms with Crippen LogP contribution >= 0.6 is 0 Å². The largest absolute Gasteiger partial charge is 0.461 e. The molecule has 2 aromatic rings. The number of nitrogens with zero attached hydrogens (tertiary/aromatic N) is 3. The first-order chi connectivity index (χ1) is 12.5. The second-order valence-corrected chi connectivity index (χ2v) is 5.30. The van der Waals surface area contributed by atoms with Crippen LogP contribution in [0.5, 0.6) is 0 Å². The quantitative estimate of drug-likeness (QED) is 0.746. The summed E-state index contributed by atoms with van der Waals surface area (Å²) in [5.74, 6) is -2.04. The number of esters is 2. The Morgan fingerprint density at radius 1 is 1.12 bits per heavy atom. The first kappa shape index (κ1) is 19.1. The van der Waals surface area contributed by atoms with Crippen LogP contribution in [-0.2, 0) is 20.8 Å². The molecule has 0 fully saturated rings. The molecule has 0 saturated heterocycles. The van der Waals surface area contributed by atoms with Crippen molar-refractivity contribution in [3.8, 4) is 0 Å². The van der Waals surface area contributed by atoms with Gasteiger partial charge in [-0.1, -0.05) is 17.3 Å². The monoisotopic (exact) mass is 360 g/mol. The summed E-state index contributed by atoms with van der Waals surface area (Å²) in [6, 6.07) is 7.25. The predicted molar refractivity (Wildman–Crippen MR) is 91.7 cm³/mol. The van der Waals surface area contributed by atoms with E-state index in [4.69, 9.17) is 9.47 Å². The summed E-state index contributed by atoms with van der Waals surface area (Å²) in [7, 11) is 0. The Morgan fingerprint density at radius 2 is 1.81 bits per heavy atom. The van der Waals surface area contributed by atoms with Gasteiger partial charge in [0.1, 0.15) is 6.54 Å². The van der Waals surface area contributed by atoms with Gasteiger partial charge in [-0.2, -0.15) is 0 Å². The summed E-state index contributed by atoms with van der Waals surface area (Å²) in [6.07, 6.45) is 0.